The van der Waals surface area contributed by atoms with E-state index in [1.807, 2.05) is 92.7 Å². The van der Waals surface area contributed by atoms with E-state index >= 15 is 0 Å². The average Bonchev–Trinajstić information content (AvgIpc) is 3.26. The van der Waals surface area contributed by atoms with Gasteiger partial charge in [0.1, 0.15) is 6.61 Å². The van der Waals surface area contributed by atoms with E-state index in [2.05, 4.69) is 10.1 Å². The topological polar surface area (TPSA) is 66.2 Å². The molecular formula is C26H25N3O3. The molecule has 0 atom stereocenters. The summed E-state index contributed by atoms with van der Waals surface area (Å²) in [6, 6.07) is 25.4. The highest BCUT2D eigenvalue weighted by atomic mass is 16.5. The Balaban J connectivity index is 1.65. The SMILES string of the molecule is CCOCCOc1nc(-c2ccccc2C)n(C(=O)c2ccc(-c3ccccc3)cc2)n1. The molecule has 6 nitrogen and oxygen atoms in total. The molecule has 32 heavy (non-hydrogen) atoms. The minimum absolute atomic E-state index is 0.150. The zero-order valence-electron chi connectivity index (χ0n) is 18.2. The third kappa shape index (κ3) is 4.76. The standard InChI is InChI=1S/C26H25N3O3/c1-3-31-17-18-32-26-27-24(23-12-8-7-9-19(23)2)29(28-26)25(30)22-15-13-21(14-16-22)20-10-5-4-6-11-20/h4-16H,3,17-18H2,1-2H3. The van der Waals surface area contributed by atoms with Gasteiger partial charge in [0, 0.05) is 17.7 Å². The Morgan fingerprint density at radius 2 is 1.56 bits per heavy atom. The number of aryl methyl sites for hydroxylation is 1. The van der Waals surface area contributed by atoms with Gasteiger partial charge in [-0.15, -0.1) is 5.10 Å². The van der Waals surface area contributed by atoms with Crippen LogP contribution in [0.5, 0.6) is 6.01 Å². The molecule has 6 heteroatoms. The van der Waals surface area contributed by atoms with E-state index in [0.717, 1.165) is 22.3 Å². The summed E-state index contributed by atoms with van der Waals surface area (Å²) >= 11 is 0. The maximum atomic E-state index is 13.4. The van der Waals surface area contributed by atoms with Crippen molar-refractivity contribution in [1.29, 1.82) is 0 Å². The van der Waals surface area contributed by atoms with Crippen LogP contribution in [0.1, 0.15) is 22.8 Å². The molecule has 1 aromatic heterocycles. The minimum Gasteiger partial charge on any atom is -0.460 e. The molecule has 0 saturated carbocycles. The Morgan fingerprint density at radius 3 is 2.28 bits per heavy atom. The van der Waals surface area contributed by atoms with Crippen molar-refractivity contribution in [1.82, 2.24) is 14.8 Å². The van der Waals surface area contributed by atoms with Crippen molar-refractivity contribution < 1.29 is 14.3 Å². The number of carbonyl (C=O) groups excluding carboxylic acids is 1. The monoisotopic (exact) mass is 427 g/mol. The van der Waals surface area contributed by atoms with Gasteiger partial charge in [-0.25, -0.2) is 0 Å². The lowest BCUT2D eigenvalue weighted by molar-refractivity contribution is 0.0938. The van der Waals surface area contributed by atoms with Crippen LogP contribution < -0.4 is 4.74 Å². The lowest BCUT2D eigenvalue weighted by Crippen LogP contribution is -2.15. The summed E-state index contributed by atoms with van der Waals surface area (Å²) in [5, 5.41) is 4.36. The predicted octanol–water partition coefficient (Wildman–Crippen LogP) is 5.02. The summed E-state index contributed by atoms with van der Waals surface area (Å²) < 4.78 is 12.3. The Bertz CT molecular complexity index is 1180. The molecule has 0 amide bonds. The smallest absolute Gasteiger partial charge is 0.336 e. The summed E-state index contributed by atoms with van der Waals surface area (Å²) in [7, 11) is 0. The summed E-state index contributed by atoms with van der Waals surface area (Å²) in [6.07, 6.45) is 0. The van der Waals surface area contributed by atoms with Gasteiger partial charge in [0.2, 0.25) is 0 Å². The molecular weight excluding hydrogens is 402 g/mol. The van der Waals surface area contributed by atoms with Crippen molar-refractivity contribution in [3.63, 3.8) is 0 Å². The van der Waals surface area contributed by atoms with E-state index < -0.39 is 0 Å². The van der Waals surface area contributed by atoms with E-state index in [9.17, 15) is 4.79 Å². The van der Waals surface area contributed by atoms with E-state index in [0.29, 0.717) is 31.2 Å². The summed E-state index contributed by atoms with van der Waals surface area (Å²) in [6.45, 7) is 5.25. The molecule has 0 aliphatic rings. The molecule has 0 unspecified atom stereocenters. The highest BCUT2D eigenvalue weighted by Gasteiger charge is 2.21. The zero-order valence-corrected chi connectivity index (χ0v) is 18.2. The normalized spacial score (nSPS) is 10.8. The lowest BCUT2D eigenvalue weighted by Gasteiger charge is -2.08. The van der Waals surface area contributed by atoms with Crippen molar-refractivity contribution in [3.8, 4) is 28.5 Å². The van der Waals surface area contributed by atoms with Crippen LogP contribution in [0.15, 0.2) is 78.9 Å². The van der Waals surface area contributed by atoms with Crippen LogP contribution in [0.4, 0.5) is 0 Å². The molecule has 0 bridgehead atoms. The van der Waals surface area contributed by atoms with Gasteiger partial charge in [0.15, 0.2) is 5.82 Å². The van der Waals surface area contributed by atoms with Gasteiger partial charge in [0.25, 0.3) is 5.91 Å². The van der Waals surface area contributed by atoms with E-state index in [-0.39, 0.29) is 11.9 Å². The molecule has 162 valence electrons. The first-order valence-electron chi connectivity index (χ1n) is 10.6. The Morgan fingerprint density at radius 1 is 0.875 bits per heavy atom. The third-order valence-electron chi connectivity index (χ3n) is 5.07. The number of benzene rings is 3. The Labute approximate surface area is 187 Å². The third-order valence-corrected chi connectivity index (χ3v) is 5.07. The van der Waals surface area contributed by atoms with E-state index in [4.69, 9.17) is 9.47 Å². The zero-order chi connectivity index (χ0) is 22.3. The number of aromatic nitrogens is 3. The molecule has 1 heterocycles. The maximum Gasteiger partial charge on any atom is 0.336 e. The summed E-state index contributed by atoms with van der Waals surface area (Å²) in [5.41, 5.74) is 4.48. The van der Waals surface area contributed by atoms with Crippen molar-refractivity contribution in [2.24, 2.45) is 0 Å². The van der Waals surface area contributed by atoms with Crippen LogP contribution >= 0.6 is 0 Å². The number of rotatable bonds is 8. The first kappa shape index (κ1) is 21.5. The van der Waals surface area contributed by atoms with Crippen LogP contribution in [0, 0.1) is 6.92 Å². The van der Waals surface area contributed by atoms with Gasteiger partial charge in [-0.1, -0.05) is 66.7 Å². The van der Waals surface area contributed by atoms with Crippen molar-refractivity contribution in [2.45, 2.75) is 13.8 Å². The van der Waals surface area contributed by atoms with Crippen molar-refractivity contribution in [2.75, 3.05) is 19.8 Å². The fraction of sp³-hybridized carbons (Fsp3) is 0.192. The molecule has 0 spiro atoms. The number of hydrogen-bond donors (Lipinski definition) is 0. The average molecular weight is 428 g/mol. The molecule has 0 fully saturated rings. The van der Waals surface area contributed by atoms with Crippen molar-refractivity contribution in [3.05, 3.63) is 90.0 Å². The van der Waals surface area contributed by atoms with Crippen LogP contribution in [0.2, 0.25) is 0 Å². The molecule has 0 aliphatic heterocycles. The summed E-state index contributed by atoms with van der Waals surface area (Å²) in [5.74, 6) is 0.182. The highest BCUT2D eigenvalue weighted by molar-refractivity contribution is 5.97. The molecule has 0 saturated heterocycles. The minimum atomic E-state index is -0.268. The molecule has 0 aliphatic carbocycles. The van der Waals surface area contributed by atoms with Gasteiger partial charge in [-0.05, 0) is 42.7 Å². The molecule has 4 aromatic rings. The molecule has 0 N–H and O–H groups in total. The number of nitrogens with zero attached hydrogens (tertiary/aromatic N) is 3. The van der Waals surface area contributed by atoms with Crippen LogP contribution in [0.3, 0.4) is 0 Å². The lowest BCUT2D eigenvalue weighted by atomic mass is 10.0. The molecule has 0 radical (unpaired) electrons. The fourth-order valence-corrected chi connectivity index (χ4v) is 3.39. The van der Waals surface area contributed by atoms with Crippen LogP contribution in [0.25, 0.3) is 22.5 Å². The first-order valence-corrected chi connectivity index (χ1v) is 10.6. The number of carbonyl (C=O) groups is 1. The maximum absolute atomic E-state index is 13.4. The van der Waals surface area contributed by atoms with Crippen molar-refractivity contribution >= 4 is 5.91 Å². The molecule has 3 aromatic carbocycles. The highest BCUT2D eigenvalue weighted by Crippen LogP contribution is 2.25. The first-order chi connectivity index (χ1) is 15.7. The summed E-state index contributed by atoms with van der Waals surface area (Å²) in [4.78, 5) is 17.9. The van der Waals surface area contributed by atoms with E-state index in [1.165, 1.54) is 4.68 Å². The van der Waals surface area contributed by atoms with Gasteiger partial charge >= 0.3 is 6.01 Å². The second kappa shape index (κ2) is 10.0. The second-order valence-electron chi connectivity index (χ2n) is 7.24. The number of hydrogen-bond acceptors (Lipinski definition) is 5. The number of ether oxygens (including phenoxy) is 2. The Hall–Kier alpha value is -3.77. The fourth-order valence-electron chi connectivity index (χ4n) is 3.39. The van der Waals surface area contributed by atoms with Gasteiger partial charge in [-0.3, -0.25) is 4.79 Å². The van der Waals surface area contributed by atoms with Gasteiger partial charge in [-0.2, -0.15) is 9.67 Å². The van der Waals surface area contributed by atoms with E-state index in [1.54, 1.807) is 0 Å². The van der Waals surface area contributed by atoms with Crippen LogP contribution in [-0.2, 0) is 4.74 Å². The molecule has 4 rings (SSSR count). The predicted molar refractivity (Wildman–Crippen MR) is 124 cm³/mol. The largest absolute Gasteiger partial charge is 0.460 e. The van der Waals surface area contributed by atoms with Gasteiger partial charge in [0.05, 0.1) is 6.61 Å². The second-order valence-corrected chi connectivity index (χ2v) is 7.24. The van der Waals surface area contributed by atoms with Crippen LogP contribution in [-0.4, -0.2) is 40.5 Å². The quantitative estimate of drug-likeness (QED) is 0.369. The Kier molecular flexibility index (Phi) is 6.72. The van der Waals surface area contributed by atoms with Gasteiger partial charge < -0.3 is 9.47 Å².